The summed E-state index contributed by atoms with van der Waals surface area (Å²) in [5, 5.41) is 0. The summed E-state index contributed by atoms with van der Waals surface area (Å²) >= 11 is 5.01. The Kier molecular flexibility index (Phi) is 5.35. The maximum absolute atomic E-state index is 12.7. The molecular formula is C15H22N2O2S2. The van der Waals surface area contributed by atoms with Crippen LogP contribution in [0.2, 0.25) is 0 Å². The Hall–Kier alpha value is -0.980. The van der Waals surface area contributed by atoms with E-state index < -0.39 is 10.0 Å². The molecule has 21 heavy (non-hydrogen) atoms. The number of nitrogens with two attached hydrogens (primary N) is 1. The van der Waals surface area contributed by atoms with E-state index in [1.807, 2.05) is 19.1 Å². The third-order valence-corrected chi connectivity index (χ3v) is 6.11. The van der Waals surface area contributed by atoms with Gasteiger partial charge in [-0.3, -0.25) is 0 Å². The van der Waals surface area contributed by atoms with Crippen LogP contribution < -0.4 is 5.73 Å². The highest BCUT2D eigenvalue weighted by Gasteiger charge is 2.31. The third-order valence-electron chi connectivity index (χ3n) is 4.02. The molecule has 0 aliphatic carbocycles. The van der Waals surface area contributed by atoms with Crippen LogP contribution in [0, 0.1) is 0 Å². The lowest BCUT2D eigenvalue weighted by molar-refractivity contribution is 0.246. The molecule has 1 unspecified atom stereocenters. The number of benzene rings is 1. The van der Waals surface area contributed by atoms with E-state index in [0.29, 0.717) is 17.7 Å². The van der Waals surface area contributed by atoms with Gasteiger partial charge in [0.15, 0.2) is 0 Å². The molecule has 116 valence electrons. The molecule has 1 aromatic rings. The molecule has 1 fully saturated rings. The first-order valence-electron chi connectivity index (χ1n) is 7.33. The first-order chi connectivity index (χ1) is 9.95. The van der Waals surface area contributed by atoms with Crippen molar-refractivity contribution in [3.05, 3.63) is 35.4 Å². The first kappa shape index (κ1) is 16.4. The summed E-state index contributed by atoms with van der Waals surface area (Å²) < 4.78 is 27.2. The van der Waals surface area contributed by atoms with E-state index in [2.05, 4.69) is 0 Å². The number of rotatable bonds is 5. The number of nitrogens with zero attached hydrogens (tertiary/aromatic N) is 1. The van der Waals surface area contributed by atoms with Gasteiger partial charge in [-0.15, -0.1) is 0 Å². The van der Waals surface area contributed by atoms with Crippen molar-refractivity contribution in [3.63, 3.8) is 0 Å². The van der Waals surface area contributed by atoms with Crippen LogP contribution >= 0.6 is 12.2 Å². The standard InChI is InChI=1S/C15H22N2O2S2/c1-2-13-8-5-6-10-17(13)21(18,19)11-12-7-3-4-9-14(12)15(16)20/h3-4,7,9,13H,2,5-6,8,10-11H2,1H3,(H2,16,20). The van der Waals surface area contributed by atoms with Gasteiger partial charge in [0, 0.05) is 18.2 Å². The van der Waals surface area contributed by atoms with Gasteiger partial charge in [-0.2, -0.15) is 4.31 Å². The van der Waals surface area contributed by atoms with Gasteiger partial charge in [0.25, 0.3) is 0 Å². The van der Waals surface area contributed by atoms with Crippen LogP contribution in [0.5, 0.6) is 0 Å². The van der Waals surface area contributed by atoms with Gasteiger partial charge >= 0.3 is 0 Å². The van der Waals surface area contributed by atoms with Crippen molar-refractivity contribution in [1.82, 2.24) is 4.31 Å². The van der Waals surface area contributed by atoms with Gasteiger partial charge in [0.05, 0.1) is 5.75 Å². The Labute approximate surface area is 132 Å². The minimum Gasteiger partial charge on any atom is -0.389 e. The zero-order valence-corrected chi connectivity index (χ0v) is 13.9. The molecule has 0 amide bonds. The number of piperidine rings is 1. The summed E-state index contributed by atoms with van der Waals surface area (Å²) in [6.45, 7) is 2.66. The minimum atomic E-state index is -3.34. The van der Waals surface area contributed by atoms with Crippen LogP contribution in [0.4, 0.5) is 0 Å². The van der Waals surface area contributed by atoms with Crippen molar-refractivity contribution >= 4 is 27.2 Å². The Balaban J connectivity index is 2.27. The Morgan fingerprint density at radius 1 is 1.38 bits per heavy atom. The summed E-state index contributed by atoms with van der Waals surface area (Å²) in [6.07, 6.45) is 3.85. The molecule has 0 saturated carbocycles. The number of hydrogen-bond acceptors (Lipinski definition) is 3. The van der Waals surface area contributed by atoms with Crippen molar-refractivity contribution in [2.45, 2.75) is 44.4 Å². The van der Waals surface area contributed by atoms with E-state index in [-0.39, 0.29) is 16.8 Å². The number of sulfonamides is 1. The predicted molar refractivity (Wildman–Crippen MR) is 89.6 cm³/mol. The molecule has 6 heteroatoms. The highest BCUT2D eigenvalue weighted by Crippen LogP contribution is 2.25. The smallest absolute Gasteiger partial charge is 0.218 e. The highest BCUT2D eigenvalue weighted by molar-refractivity contribution is 7.88. The molecule has 2 N–H and O–H groups in total. The van der Waals surface area contributed by atoms with E-state index in [0.717, 1.165) is 25.7 Å². The van der Waals surface area contributed by atoms with Crippen LogP contribution in [0.3, 0.4) is 0 Å². The van der Waals surface area contributed by atoms with Gasteiger partial charge in [-0.1, -0.05) is 49.8 Å². The summed E-state index contributed by atoms with van der Waals surface area (Å²) in [5.41, 5.74) is 7.03. The molecule has 1 aliphatic heterocycles. The molecule has 2 rings (SSSR count). The van der Waals surface area contributed by atoms with Crippen LogP contribution in [0.15, 0.2) is 24.3 Å². The quantitative estimate of drug-likeness (QED) is 0.844. The van der Waals surface area contributed by atoms with Crippen LogP contribution in [-0.2, 0) is 15.8 Å². The van der Waals surface area contributed by atoms with Gasteiger partial charge in [-0.05, 0) is 24.8 Å². The highest BCUT2D eigenvalue weighted by atomic mass is 32.2. The molecule has 1 saturated heterocycles. The zero-order valence-electron chi connectivity index (χ0n) is 12.3. The van der Waals surface area contributed by atoms with Crippen molar-refractivity contribution < 1.29 is 8.42 Å². The van der Waals surface area contributed by atoms with Crippen molar-refractivity contribution in [2.75, 3.05) is 6.54 Å². The summed E-state index contributed by atoms with van der Waals surface area (Å²) in [5.74, 6) is -0.0307. The van der Waals surface area contributed by atoms with Gasteiger partial charge < -0.3 is 5.73 Å². The van der Waals surface area contributed by atoms with Crippen LogP contribution in [0.1, 0.15) is 43.7 Å². The largest absolute Gasteiger partial charge is 0.389 e. The lowest BCUT2D eigenvalue weighted by atomic mass is 10.0. The topological polar surface area (TPSA) is 63.4 Å². The molecule has 1 heterocycles. The monoisotopic (exact) mass is 326 g/mol. The van der Waals surface area contributed by atoms with E-state index in [1.165, 1.54) is 0 Å². The van der Waals surface area contributed by atoms with Gasteiger partial charge in [0.1, 0.15) is 4.99 Å². The second kappa shape index (κ2) is 6.85. The van der Waals surface area contributed by atoms with E-state index >= 15 is 0 Å². The van der Waals surface area contributed by atoms with E-state index in [9.17, 15) is 8.42 Å². The lowest BCUT2D eigenvalue weighted by Gasteiger charge is -2.34. The average Bonchev–Trinajstić information content (AvgIpc) is 2.47. The summed E-state index contributed by atoms with van der Waals surface area (Å²) in [7, 11) is -3.34. The zero-order chi connectivity index (χ0) is 15.5. The van der Waals surface area contributed by atoms with Crippen molar-refractivity contribution in [1.29, 1.82) is 0 Å². The van der Waals surface area contributed by atoms with Crippen LogP contribution in [-0.4, -0.2) is 30.3 Å². The fraction of sp³-hybridized carbons (Fsp3) is 0.533. The molecule has 0 aromatic heterocycles. The molecule has 0 radical (unpaired) electrons. The second-order valence-corrected chi connectivity index (χ2v) is 7.81. The SMILES string of the molecule is CCC1CCCCN1S(=O)(=O)Cc1ccccc1C(N)=S. The maximum atomic E-state index is 12.7. The average molecular weight is 326 g/mol. The third kappa shape index (κ3) is 3.81. The normalized spacial score (nSPS) is 20.3. The predicted octanol–water partition coefficient (Wildman–Crippen LogP) is 2.42. The molecule has 1 atom stereocenters. The summed E-state index contributed by atoms with van der Waals surface area (Å²) in [4.78, 5) is 0.242. The number of hydrogen-bond donors (Lipinski definition) is 1. The molecule has 0 bridgehead atoms. The lowest BCUT2D eigenvalue weighted by Crippen LogP contribution is -2.43. The maximum Gasteiger partial charge on any atom is 0.218 e. The van der Waals surface area contributed by atoms with E-state index in [4.69, 9.17) is 18.0 Å². The minimum absolute atomic E-state index is 0.0307. The van der Waals surface area contributed by atoms with E-state index in [1.54, 1.807) is 16.4 Å². The van der Waals surface area contributed by atoms with Crippen LogP contribution in [0.25, 0.3) is 0 Å². The first-order valence-corrected chi connectivity index (χ1v) is 9.34. The number of thiocarbonyl (C=S) groups is 1. The second-order valence-electron chi connectivity index (χ2n) is 5.45. The molecule has 1 aromatic carbocycles. The molecule has 4 nitrogen and oxygen atoms in total. The molecule has 0 spiro atoms. The van der Waals surface area contributed by atoms with Crippen molar-refractivity contribution in [3.8, 4) is 0 Å². The summed E-state index contributed by atoms with van der Waals surface area (Å²) in [6, 6.07) is 7.33. The fourth-order valence-electron chi connectivity index (χ4n) is 2.91. The fourth-order valence-corrected chi connectivity index (χ4v) is 5.04. The Bertz CT molecular complexity index is 614. The van der Waals surface area contributed by atoms with Gasteiger partial charge in [-0.25, -0.2) is 8.42 Å². The Morgan fingerprint density at radius 2 is 2.10 bits per heavy atom. The van der Waals surface area contributed by atoms with Crippen molar-refractivity contribution in [2.24, 2.45) is 5.73 Å². The molecular weight excluding hydrogens is 304 g/mol. The van der Waals surface area contributed by atoms with Gasteiger partial charge in [0.2, 0.25) is 10.0 Å². The Morgan fingerprint density at radius 3 is 2.76 bits per heavy atom. The molecule has 1 aliphatic rings.